The first-order chi connectivity index (χ1) is 11.6. The number of halogens is 3. The lowest BCUT2D eigenvalue weighted by molar-refractivity contribution is -0.143. The van der Waals surface area contributed by atoms with E-state index in [4.69, 9.17) is 5.11 Å². The highest BCUT2D eigenvalue weighted by atomic mass is 19.4. The average Bonchev–Trinajstić information content (AvgIpc) is 2.97. The number of carboxylic acid groups (broad SMARTS) is 1. The molecular formula is C16H16F3N3O3. The topological polar surface area (TPSA) is 75.4 Å². The van der Waals surface area contributed by atoms with Gasteiger partial charge in [-0.15, -0.1) is 0 Å². The molecule has 1 amide bonds. The van der Waals surface area contributed by atoms with Gasteiger partial charge in [-0.2, -0.15) is 18.3 Å². The van der Waals surface area contributed by atoms with Crippen LogP contribution >= 0.6 is 0 Å². The molecule has 0 saturated carbocycles. The van der Waals surface area contributed by atoms with Crippen molar-refractivity contribution in [3.63, 3.8) is 0 Å². The SMILES string of the molecule is CCN(CC(=O)O)C(=O)c1cnn(-c2cccc(C)c2)c1C(F)(F)F. The first kappa shape index (κ1) is 18.5. The molecule has 25 heavy (non-hydrogen) atoms. The van der Waals surface area contributed by atoms with Gasteiger partial charge in [0.15, 0.2) is 5.69 Å². The molecule has 1 aromatic heterocycles. The lowest BCUT2D eigenvalue weighted by Gasteiger charge is -2.19. The highest BCUT2D eigenvalue weighted by Crippen LogP contribution is 2.34. The van der Waals surface area contributed by atoms with E-state index in [0.717, 1.165) is 16.7 Å². The standard InChI is InChI=1S/C16H16F3N3O3/c1-3-21(9-13(23)24)15(25)12-8-20-22(14(12)16(17,18)19)11-6-4-5-10(2)7-11/h4-8H,3,9H2,1-2H3,(H,23,24). The predicted molar refractivity (Wildman–Crippen MR) is 82.5 cm³/mol. The highest BCUT2D eigenvalue weighted by Gasteiger charge is 2.41. The minimum atomic E-state index is -4.84. The Morgan fingerprint density at radius 2 is 2.00 bits per heavy atom. The molecule has 2 rings (SSSR count). The summed E-state index contributed by atoms with van der Waals surface area (Å²) < 4.78 is 41.4. The van der Waals surface area contributed by atoms with E-state index in [2.05, 4.69) is 5.10 Å². The Bertz CT molecular complexity index is 799. The van der Waals surface area contributed by atoms with E-state index in [1.165, 1.54) is 19.1 Å². The molecule has 6 nitrogen and oxygen atoms in total. The number of alkyl halides is 3. The molecule has 0 radical (unpaired) electrons. The van der Waals surface area contributed by atoms with Crippen LogP contribution in [-0.2, 0) is 11.0 Å². The van der Waals surface area contributed by atoms with Crippen LogP contribution in [-0.4, -0.2) is 44.8 Å². The van der Waals surface area contributed by atoms with Crippen molar-refractivity contribution in [2.45, 2.75) is 20.0 Å². The maximum atomic E-state index is 13.6. The zero-order chi connectivity index (χ0) is 18.8. The van der Waals surface area contributed by atoms with E-state index in [9.17, 15) is 22.8 Å². The summed E-state index contributed by atoms with van der Waals surface area (Å²) in [5.74, 6) is -2.34. The summed E-state index contributed by atoms with van der Waals surface area (Å²) in [6.07, 6.45) is -4.02. The molecule has 1 N–H and O–H groups in total. The predicted octanol–water partition coefficient (Wildman–Crippen LogP) is 2.75. The van der Waals surface area contributed by atoms with Gasteiger partial charge in [0.2, 0.25) is 0 Å². The maximum absolute atomic E-state index is 13.6. The number of carbonyl (C=O) groups excluding carboxylic acids is 1. The summed E-state index contributed by atoms with van der Waals surface area (Å²) in [6, 6.07) is 6.25. The second-order valence-electron chi connectivity index (χ2n) is 5.37. The fraction of sp³-hybridized carbons (Fsp3) is 0.312. The first-order valence-corrected chi connectivity index (χ1v) is 7.38. The molecule has 1 aromatic carbocycles. The highest BCUT2D eigenvalue weighted by molar-refractivity contribution is 5.97. The zero-order valence-electron chi connectivity index (χ0n) is 13.5. The Morgan fingerprint density at radius 1 is 1.32 bits per heavy atom. The van der Waals surface area contributed by atoms with Gasteiger partial charge in [0.05, 0.1) is 17.4 Å². The van der Waals surface area contributed by atoms with Crippen molar-refractivity contribution in [3.8, 4) is 5.69 Å². The molecule has 134 valence electrons. The van der Waals surface area contributed by atoms with Crippen molar-refractivity contribution in [1.29, 1.82) is 0 Å². The fourth-order valence-electron chi connectivity index (χ4n) is 2.39. The number of hydrogen-bond donors (Lipinski definition) is 1. The summed E-state index contributed by atoms with van der Waals surface area (Å²) in [5.41, 5.74) is -1.02. The van der Waals surface area contributed by atoms with Gasteiger partial charge in [-0.25, -0.2) is 4.68 Å². The third kappa shape index (κ3) is 3.98. The molecule has 0 aliphatic carbocycles. The van der Waals surface area contributed by atoms with Gasteiger partial charge in [-0.05, 0) is 31.5 Å². The van der Waals surface area contributed by atoms with Crippen LogP contribution in [0.1, 0.15) is 28.5 Å². The Morgan fingerprint density at radius 3 is 2.52 bits per heavy atom. The van der Waals surface area contributed by atoms with Crippen molar-refractivity contribution in [2.24, 2.45) is 0 Å². The van der Waals surface area contributed by atoms with Crippen molar-refractivity contribution in [2.75, 3.05) is 13.1 Å². The van der Waals surface area contributed by atoms with Crippen LogP contribution in [0.15, 0.2) is 30.5 Å². The number of rotatable bonds is 5. The monoisotopic (exact) mass is 355 g/mol. The molecule has 0 fully saturated rings. The quantitative estimate of drug-likeness (QED) is 0.895. The zero-order valence-corrected chi connectivity index (χ0v) is 13.5. The van der Waals surface area contributed by atoms with Crippen molar-refractivity contribution in [3.05, 3.63) is 47.3 Å². The lowest BCUT2D eigenvalue weighted by atomic mass is 10.2. The molecule has 2 aromatic rings. The molecule has 0 saturated heterocycles. The molecule has 0 unspecified atom stereocenters. The second kappa shape index (κ2) is 6.96. The average molecular weight is 355 g/mol. The number of carboxylic acids is 1. The molecule has 0 atom stereocenters. The van der Waals surface area contributed by atoms with Gasteiger partial charge in [-0.3, -0.25) is 9.59 Å². The normalized spacial score (nSPS) is 11.4. The number of likely N-dealkylation sites (N-methyl/N-ethyl adjacent to an activating group) is 1. The number of nitrogens with zero attached hydrogens (tertiary/aromatic N) is 3. The number of benzene rings is 1. The van der Waals surface area contributed by atoms with E-state index in [0.29, 0.717) is 4.68 Å². The molecule has 0 aliphatic heterocycles. The summed E-state index contributed by atoms with van der Waals surface area (Å²) in [4.78, 5) is 24.0. The van der Waals surface area contributed by atoms with Crippen LogP contribution in [0, 0.1) is 6.92 Å². The molecule has 0 bridgehead atoms. The number of aromatic nitrogens is 2. The van der Waals surface area contributed by atoms with Crippen molar-refractivity contribution >= 4 is 11.9 Å². The van der Waals surface area contributed by atoms with E-state index in [-0.39, 0.29) is 12.2 Å². The Labute approximate surface area is 141 Å². The number of aryl methyl sites for hydroxylation is 1. The van der Waals surface area contributed by atoms with Gasteiger partial charge >= 0.3 is 12.1 Å². The number of aliphatic carboxylic acids is 1. The summed E-state index contributed by atoms with van der Waals surface area (Å²) in [5, 5.41) is 12.5. The van der Waals surface area contributed by atoms with E-state index in [1.54, 1.807) is 19.1 Å². The Kier molecular flexibility index (Phi) is 5.15. The largest absolute Gasteiger partial charge is 0.480 e. The minimum Gasteiger partial charge on any atom is -0.480 e. The van der Waals surface area contributed by atoms with Crippen LogP contribution in [0.3, 0.4) is 0 Å². The maximum Gasteiger partial charge on any atom is 0.434 e. The molecule has 1 heterocycles. The molecule has 0 spiro atoms. The summed E-state index contributed by atoms with van der Waals surface area (Å²) >= 11 is 0. The third-order valence-electron chi connectivity index (χ3n) is 3.51. The second-order valence-corrected chi connectivity index (χ2v) is 5.37. The van der Waals surface area contributed by atoms with Crippen LogP contribution in [0.4, 0.5) is 13.2 Å². The first-order valence-electron chi connectivity index (χ1n) is 7.38. The summed E-state index contributed by atoms with van der Waals surface area (Å²) in [7, 11) is 0. The molecule has 0 aliphatic rings. The van der Waals surface area contributed by atoms with Gasteiger partial charge in [0, 0.05) is 6.54 Å². The van der Waals surface area contributed by atoms with Gasteiger partial charge in [0.25, 0.3) is 5.91 Å². The number of hydrogen-bond acceptors (Lipinski definition) is 3. The van der Waals surface area contributed by atoms with Crippen LogP contribution < -0.4 is 0 Å². The van der Waals surface area contributed by atoms with Gasteiger partial charge < -0.3 is 10.0 Å². The van der Waals surface area contributed by atoms with Gasteiger partial charge in [-0.1, -0.05) is 12.1 Å². The van der Waals surface area contributed by atoms with Crippen LogP contribution in [0.25, 0.3) is 5.69 Å². The molecule has 9 heteroatoms. The number of amides is 1. The Hall–Kier alpha value is -2.84. The van der Waals surface area contributed by atoms with Crippen molar-refractivity contribution in [1.82, 2.24) is 14.7 Å². The smallest absolute Gasteiger partial charge is 0.434 e. The third-order valence-corrected chi connectivity index (χ3v) is 3.51. The lowest BCUT2D eigenvalue weighted by Crippen LogP contribution is -2.36. The van der Waals surface area contributed by atoms with E-state index >= 15 is 0 Å². The number of carbonyl (C=O) groups is 2. The Balaban J connectivity index is 2.57. The van der Waals surface area contributed by atoms with E-state index < -0.39 is 35.9 Å². The summed E-state index contributed by atoms with van der Waals surface area (Å²) in [6.45, 7) is 2.47. The van der Waals surface area contributed by atoms with E-state index in [1.807, 2.05) is 0 Å². The van der Waals surface area contributed by atoms with Crippen LogP contribution in [0.2, 0.25) is 0 Å². The van der Waals surface area contributed by atoms with Crippen molar-refractivity contribution < 1.29 is 27.9 Å². The van der Waals surface area contributed by atoms with Crippen LogP contribution in [0.5, 0.6) is 0 Å². The molecular weight excluding hydrogens is 339 g/mol. The van der Waals surface area contributed by atoms with Gasteiger partial charge in [0.1, 0.15) is 6.54 Å². The minimum absolute atomic E-state index is 0.0436. The fourth-order valence-corrected chi connectivity index (χ4v) is 2.39.